The van der Waals surface area contributed by atoms with E-state index in [1.165, 1.54) is 11.1 Å². The molecule has 0 bridgehead atoms. The first-order valence-electron chi connectivity index (χ1n) is 9.30. The Bertz CT molecular complexity index is 781. The minimum Gasteiger partial charge on any atom is -0.496 e. The molecule has 1 aliphatic rings. The van der Waals surface area contributed by atoms with Crippen LogP contribution in [-0.2, 0) is 11.3 Å². The molecule has 1 unspecified atom stereocenters. The standard InChI is InChI=1S/C20H28N4O3/c1-14-5-6-18(26-4)17(11-14)13-23-7-9-24(10-8-23)16(3)20(25)21-19-12-15(2)27-22-19/h5-6,11-12,16H,7-10,13H2,1-4H3,(H,21,22,25). The predicted octanol–water partition coefficient (Wildman–Crippen LogP) is 2.44. The van der Waals surface area contributed by atoms with Crippen LogP contribution in [0.15, 0.2) is 28.8 Å². The zero-order valence-corrected chi connectivity index (χ0v) is 16.5. The van der Waals surface area contributed by atoms with Crippen molar-refractivity contribution >= 4 is 11.7 Å². The van der Waals surface area contributed by atoms with Crippen LogP contribution < -0.4 is 10.1 Å². The molecule has 3 rings (SSSR count). The van der Waals surface area contributed by atoms with Gasteiger partial charge >= 0.3 is 0 Å². The molecular formula is C20H28N4O3. The fourth-order valence-electron chi connectivity index (χ4n) is 3.40. The number of benzene rings is 1. The van der Waals surface area contributed by atoms with Crippen LogP contribution in [0.3, 0.4) is 0 Å². The van der Waals surface area contributed by atoms with E-state index in [1.54, 1.807) is 20.1 Å². The van der Waals surface area contributed by atoms with Crippen molar-refractivity contribution in [1.29, 1.82) is 0 Å². The minimum absolute atomic E-state index is 0.0582. The third-order valence-corrected chi connectivity index (χ3v) is 5.04. The van der Waals surface area contributed by atoms with Gasteiger partial charge in [0, 0.05) is 44.4 Å². The molecule has 1 atom stereocenters. The summed E-state index contributed by atoms with van der Waals surface area (Å²) in [5.41, 5.74) is 2.44. The molecule has 7 heteroatoms. The number of hydrogen-bond donors (Lipinski definition) is 1. The van der Waals surface area contributed by atoms with Gasteiger partial charge in [0.25, 0.3) is 0 Å². The molecule has 1 aliphatic heterocycles. The van der Waals surface area contributed by atoms with Crippen molar-refractivity contribution in [2.75, 3.05) is 38.6 Å². The quantitative estimate of drug-likeness (QED) is 0.840. The van der Waals surface area contributed by atoms with Gasteiger partial charge in [-0.05, 0) is 26.8 Å². The number of methoxy groups -OCH3 is 1. The molecule has 0 spiro atoms. The predicted molar refractivity (Wildman–Crippen MR) is 104 cm³/mol. The van der Waals surface area contributed by atoms with Crippen LogP contribution in [0.2, 0.25) is 0 Å². The molecular weight excluding hydrogens is 344 g/mol. The smallest absolute Gasteiger partial charge is 0.242 e. The number of piperazine rings is 1. The lowest BCUT2D eigenvalue weighted by atomic mass is 10.1. The number of rotatable bonds is 6. The summed E-state index contributed by atoms with van der Waals surface area (Å²) >= 11 is 0. The van der Waals surface area contributed by atoms with Crippen molar-refractivity contribution in [2.24, 2.45) is 0 Å². The molecule has 7 nitrogen and oxygen atoms in total. The van der Waals surface area contributed by atoms with Gasteiger partial charge in [0.1, 0.15) is 11.5 Å². The Balaban J connectivity index is 1.52. The number of aromatic nitrogens is 1. The highest BCUT2D eigenvalue weighted by molar-refractivity contribution is 5.93. The lowest BCUT2D eigenvalue weighted by Crippen LogP contribution is -2.52. The van der Waals surface area contributed by atoms with Gasteiger partial charge in [-0.25, -0.2) is 0 Å². The molecule has 1 aromatic carbocycles. The molecule has 27 heavy (non-hydrogen) atoms. The maximum atomic E-state index is 12.4. The van der Waals surface area contributed by atoms with Gasteiger partial charge in [0.15, 0.2) is 5.82 Å². The van der Waals surface area contributed by atoms with E-state index in [1.807, 2.05) is 13.0 Å². The normalized spacial score (nSPS) is 16.9. The van der Waals surface area contributed by atoms with Crippen LogP contribution in [0.5, 0.6) is 5.75 Å². The second-order valence-electron chi connectivity index (χ2n) is 7.12. The largest absolute Gasteiger partial charge is 0.496 e. The SMILES string of the molecule is COc1ccc(C)cc1CN1CCN(C(C)C(=O)Nc2cc(C)on2)CC1. The summed E-state index contributed by atoms with van der Waals surface area (Å²) in [6.07, 6.45) is 0. The highest BCUT2D eigenvalue weighted by Crippen LogP contribution is 2.22. The third kappa shape index (κ3) is 4.87. The summed E-state index contributed by atoms with van der Waals surface area (Å²) in [5.74, 6) is 2.02. The van der Waals surface area contributed by atoms with Gasteiger partial charge in [-0.2, -0.15) is 0 Å². The lowest BCUT2D eigenvalue weighted by molar-refractivity contribution is -0.121. The summed E-state index contributed by atoms with van der Waals surface area (Å²) < 4.78 is 10.5. The molecule has 0 aliphatic carbocycles. The minimum atomic E-state index is -0.210. The Morgan fingerprint density at radius 2 is 2.00 bits per heavy atom. The van der Waals surface area contributed by atoms with Crippen molar-refractivity contribution in [2.45, 2.75) is 33.4 Å². The Kier molecular flexibility index (Phi) is 6.13. The fraction of sp³-hybridized carbons (Fsp3) is 0.500. The Labute approximate surface area is 160 Å². The second-order valence-corrected chi connectivity index (χ2v) is 7.12. The van der Waals surface area contributed by atoms with E-state index in [4.69, 9.17) is 9.26 Å². The molecule has 2 aromatic rings. The summed E-state index contributed by atoms with van der Waals surface area (Å²) in [4.78, 5) is 17.1. The van der Waals surface area contributed by atoms with Crippen LogP contribution in [0.25, 0.3) is 0 Å². The number of carbonyl (C=O) groups is 1. The summed E-state index contributed by atoms with van der Waals surface area (Å²) in [6, 6.07) is 7.78. The first-order valence-corrected chi connectivity index (χ1v) is 9.30. The number of nitrogens with zero attached hydrogens (tertiary/aromatic N) is 3. The fourth-order valence-corrected chi connectivity index (χ4v) is 3.40. The summed E-state index contributed by atoms with van der Waals surface area (Å²) in [5, 5.41) is 6.64. The van der Waals surface area contributed by atoms with Crippen molar-refractivity contribution < 1.29 is 14.1 Å². The van der Waals surface area contributed by atoms with E-state index in [9.17, 15) is 4.79 Å². The number of carbonyl (C=O) groups excluding carboxylic acids is 1. The monoisotopic (exact) mass is 372 g/mol. The molecule has 0 saturated carbocycles. The molecule has 1 amide bonds. The molecule has 2 heterocycles. The van der Waals surface area contributed by atoms with Gasteiger partial charge in [0.2, 0.25) is 5.91 Å². The Morgan fingerprint density at radius 1 is 1.26 bits per heavy atom. The average Bonchev–Trinajstić information content (AvgIpc) is 3.06. The van der Waals surface area contributed by atoms with Crippen LogP contribution in [0.1, 0.15) is 23.8 Å². The summed E-state index contributed by atoms with van der Waals surface area (Å²) in [6.45, 7) is 10.2. The van der Waals surface area contributed by atoms with Crippen molar-refractivity contribution in [3.8, 4) is 5.75 Å². The Hall–Kier alpha value is -2.38. The molecule has 1 saturated heterocycles. The number of aryl methyl sites for hydroxylation is 2. The highest BCUT2D eigenvalue weighted by atomic mass is 16.5. The maximum Gasteiger partial charge on any atom is 0.242 e. The highest BCUT2D eigenvalue weighted by Gasteiger charge is 2.26. The Morgan fingerprint density at radius 3 is 2.63 bits per heavy atom. The topological polar surface area (TPSA) is 70.8 Å². The van der Waals surface area contributed by atoms with Crippen LogP contribution in [0, 0.1) is 13.8 Å². The molecule has 1 N–H and O–H groups in total. The van der Waals surface area contributed by atoms with Crippen molar-refractivity contribution in [1.82, 2.24) is 15.0 Å². The van der Waals surface area contributed by atoms with Crippen LogP contribution >= 0.6 is 0 Å². The summed E-state index contributed by atoms with van der Waals surface area (Å²) in [7, 11) is 1.71. The number of ether oxygens (including phenoxy) is 1. The van der Waals surface area contributed by atoms with E-state index in [-0.39, 0.29) is 11.9 Å². The first kappa shape index (κ1) is 19.4. The number of hydrogen-bond acceptors (Lipinski definition) is 6. The number of anilines is 1. The van der Waals surface area contributed by atoms with E-state index >= 15 is 0 Å². The van der Waals surface area contributed by atoms with E-state index in [0.29, 0.717) is 11.6 Å². The van der Waals surface area contributed by atoms with E-state index in [0.717, 1.165) is 38.5 Å². The lowest BCUT2D eigenvalue weighted by Gasteiger charge is -2.37. The van der Waals surface area contributed by atoms with Gasteiger partial charge < -0.3 is 14.6 Å². The third-order valence-electron chi connectivity index (χ3n) is 5.04. The zero-order valence-electron chi connectivity index (χ0n) is 16.5. The van der Waals surface area contributed by atoms with Gasteiger partial charge in [-0.15, -0.1) is 0 Å². The van der Waals surface area contributed by atoms with E-state index in [2.05, 4.69) is 39.3 Å². The maximum absolute atomic E-state index is 12.4. The van der Waals surface area contributed by atoms with Crippen LogP contribution in [0.4, 0.5) is 5.82 Å². The number of nitrogens with one attached hydrogen (secondary N) is 1. The molecule has 146 valence electrons. The van der Waals surface area contributed by atoms with Crippen LogP contribution in [-0.4, -0.2) is 60.2 Å². The van der Waals surface area contributed by atoms with Crippen molar-refractivity contribution in [3.05, 3.63) is 41.2 Å². The molecule has 1 fully saturated rings. The number of amides is 1. The molecule has 1 aromatic heterocycles. The first-order chi connectivity index (χ1) is 13.0. The molecule has 0 radical (unpaired) electrons. The van der Waals surface area contributed by atoms with Gasteiger partial charge in [-0.1, -0.05) is 22.9 Å². The van der Waals surface area contributed by atoms with Gasteiger partial charge in [-0.3, -0.25) is 14.6 Å². The van der Waals surface area contributed by atoms with Gasteiger partial charge in [0.05, 0.1) is 13.2 Å². The second kappa shape index (κ2) is 8.54. The average molecular weight is 372 g/mol. The zero-order chi connectivity index (χ0) is 19.4. The van der Waals surface area contributed by atoms with Crippen molar-refractivity contribution in [3.63, 3.8) is 0 Å². The van der Waals surface area contributed by atoms with E-state index < -0.39 is 0 Å².